The maximum Gasteiger partial charge on any atom is 0.282 e. The van der Waals surface area contributed by atoms with Crippen LogP contribution in [0.2, 0.25) is 0 Å². The number of nitriles is 1. The molecule has 0 aliphatic carbocycles. The number of aromatic amines is 1. The molecule has 1 aliphatic rings. The molecule has 0 spiro atoms. The first-order chi connectivity index (χ1) is 15.1. The van der Waals surface area contributed by atoms with Gasteiger partial charge in [-0.1, -0.05) is 0 Å². The molecule has 4 heterocycles. The molecule has 0 radical (unpaired) electrons. The van der Waals surface area contributed by atoms with Gasteiger partial charge in [-0.2, -0.15) is 10.4 Å². The van der Waals surface area contributed by atoms with Gasteiger partial charge in [-0.25, -0.2) is 18.4 Å². The van der Waals surface area contributed by atoms with Gasteiger partial charge in [-0.05, 0) is 30.3 Å². The van der Waals surface area contributed by atoms with Crippen molar-refractivity contribution in [3.05, 3.63) is 47.8 Å². The third-order valence-electron chi connectivity index (χ3n) is 5.33. The fourth-order valence-electron chi connectivity index (χ4n) is 3.98. The standard InChI is InChI=1S/C22H17F2N5O2/c1-30-13-6-5-12(11-25)15(10-13)16-14-4-2-7-26-21(14)27-18(16)17-19(20(23)24)28-29-8-3-9-31-22(17)29/h2,4-7,10,20H,3,8-9H2,1H3,(H,26,27). The molecule has 0 atom stereocenters. The summed E-state index contributed by atoms with van der Waals surface area (Å²) in [4.78, 5) is 7.53. The van der Waals surface area contributed by atoms with Crippen LogP contribution in [0.3, 0.4) is 0 Å². The van der Waals surface area contributed by atoms with Crippen LogP contribution in [-0.2, 0) is 6.54 Å². The topological polar surface area (TPSA) is 88.7 Å². The first-order valence-corrected chi connectivity index (χ1v) is 9.69. The lowest BCUT2D eigenvalue weighted by Gasteiger charge is -2.16. The van der Waals surface area contributed by atoms with Crippen LogP contribution in [0.15, 0.2) is 36.5 Å². The van der Waals surface area contributed by atoms with Gasteiger partial charge in [0.2, 0.25) is 5.88 Å². The fraction of sp³-hybridized carbons (Fsp3) is 0.227. The Morgan fingerprint density at radius 1 is 1.29 bits per heavy atom. The van der Waals surface area contributed by atoms with Gasteiger partial charge < -0.3 is 14.5 Å². The molecule has 0 amide bonds. The summed E-state index contributed by atoms with van der Waals surface area (Å²) in [5, 5.41) is 14.5. The number of fused-ring (bicyclic) bond motifs is 2. The highest BCUT2D eigenvalue weighted by molar-refractivity contribution is 6.04. The minimum Gasteiger partial charge on any atom is -0.497 e. The predicted molar refractivity (Wildman–Crippen MR) is 109 cm³/mol. The summed E-state index contributed by atoms with van der Waals surface area (Å²) in [7, 11) is 1.53. The Balaban J connectivity index is 1.89. The van der Waals surface area contributed by atoms with Crippen molar-refractivity contribution in [2.45, 2.75) is 19.4 Å². The van der Waals surface area contributed by atoms with E-state index < -0.39 is 6.43 Å². The van der Waals surface area contributed by atoms with Crippen molar-refractivity contribution in [1.82, 2.24) is 19.7 Å². The van der Waals surface area contributed by atoms with E-state index in [1.807, 2.05) is 6.07 Å². The van der Waals surface area contributed by atoms with E-state index in [4.69, 9.17) is 9.47 Å². The molecule has 31 heavy (non-hydrogen) atoms. The van der Waals surface area contributed by atoms with Crippen LogP contribution in [0.5, 0.6) is 11.6 Å². The molecule has 1 aliphatic heterocycles. The number of nitrogens with one attached hydrogen (secondary N) is 1. The molecule has 9 heteroatoms. The van der Waals surface area contributed by atoms with E-state index in [1.54, 1.807) is 30.5 Å². The quantitative estimate of drug-likeness (QED) is 0.516. The SMILES string of the molecule is COc1ccc(C#N)c(-c2c(-c3c(C(F)F)nn4c3OCCC4)[nH]c3ncccc23)c1. The minimum absolute atomic E-state index is 0.189. The molecule has 156 valence electrons. The van der Waals surface area contributed by atoms with Crippen molar-refractivity contribution in [3.63, 3.8) is 0 Å². The van der Waals surface area contributed by atoms with Crippen molar-refractivity contribution in [2.75, 3.05) is 13.7 Å². The zero-order chi connectivity index (χ0) is 21.5. The number of alkyl halides is 2. The van der Waals surface area contributed by atoms with Crippen molar-refractivity contribution >= 4 is 11.0 Å². The molecule has 0 fully saturated rings. The van der Waals surface area contributed by atoms with E-state index in [1.165, 1.54) is 11.8 Å². The Kier molecular flexibility index (Phi) is 4.55. The van der Waals surface area contributed by atoms with E-state index in [0.29, 0.717) is 58.7 Å². The molecule has 7 nitrogen and oxygen atoms in total. The van der Waals surface area contributed by atoms with E-state index >= 15 is 0 Å². The maximum atomic E-state index is 14.0. The number of aromatic nitrogens is 4. The second-order valence-corrected chi connectivity index (χ2v) is 7.09. The van der Waals surface area contributed by atoms with E-state index in [2.05, 4.69) is 21.1 Å². The van der Waals surface area contributed by atoms with Crippen molar-refractivity contribution in [3.8, 4) is 40.1 Å². The summed E-state index contributed by atoms with van der Waals surface area (Å²) < 4.78 is 40.6. The number of hydrogen-bond acceptors (Lipinski definition) is 5. The molecule has 1 aromatic carbocycles. The lowest BCUT2D eigenvalue weighted by atomic mass is 9.95. The maximum absolute atomic E-state index is 14.0. The Morgan fingerprint density at radius 2 is 2.16 bits per heavy atom. The normalized spacial score (nSPS) is 13.1. The van der Waals surface area contributed by atoms with Crippen LogP contribution >= 0.6 is 0 Å². The average Bonchev–Trinajstić information content (AvgIpc) is 3.37. The summed E-state index contributed by atoms with van der Waals surface area (Å²) in [5.41, 5.74) is 2.22. The smallest absolute Gasteiger partial charge is 0.282 e. The van der Waals surface area contributed by atoms with Crippen LogP contribution < -0.4 is 9.47 Å². The van der Waals surface area contributed by atoms with Gasteiger partial charge >= 0.3 is 0 Å². The first-order valence-electron chi connectivity index (χ1n) is 9.69. The summed E-state index contributed by atoms with van der Waals surface area (Å²) in [5.74, 6) is 0.830. The molecule has 1 N–H and O–H groups in total. The van der Waals surface area contributed by atoms with Crippen molar-refractivity contribution < 1.29 is 18.3 Å². The number of hydrogen-bond donors (Lipinski definition) is 1. The number of benzene rings is 1. The van der Waals surface area contributed by atoms with Crippen LogP contribution in [0, 0.1) is 11.3 Å². The first kappa shape index (κ1) is 19.1. The third-order valence-corrected chi connectivity index (χ3v) is 5.33. The number of ether oxygens (including phenoxy) is 2. The second-order valence-electron chi connectivity index (χ2n) is 7.09. The number of rotatable bonds is 4. The average molecular weight is 421 g/mol. The lowest BCUT2D eigenvalue weighted by Crippen LogP contribution is -2.15. The predicted octanol–water partition coefficient (Wildman–Crippen LogP) is 4.69. The highest BCUT2D eigenvalue weighted by Crippen LogP contribution is 2.46. The fourth-order valence-corrected chi connectivity index (χ4v) is 3.98. The number of nitrogens with zero attached hydrogens (tertiary/aromatic N) is 4. The number of halogens is 2. The zero-order valence-electron chi connectivity index (χ0n) is 16.5. The van der Waals surface area contributed by atoms with Crippen molar-refractivity contribution in [1.29, 1.82) is 5.26 Å². The molecule has 0 saturated carbocycles. The molecule has 4 aromatic rings. The number of H-pyrrole nitrogens is 1. The van der Waals surface area contributed by atoms with Gasteiger partial charge in [0.05, 0.1) is 36.6 Å². The summed E-state index contributed by atoms with van der Waals surface area (Å²) in [6.07, 6.45) is -0.502. The number of methoxy groups -OCH3 is 1. The van der Waals surface area contributed by atoms with Gasteiger partial charge in [-0.15, -0.1) is 0 Å². The number of aryl methyl sites for hydroxylation is 1. The highest BCUT2D eigenvalue weighted by atomic mass is 19.3. The summed E-state index contributed by atoms with van der Waals surface area (Å²) in [6, 6.07) is 10.8. The molecular weight excluding hydrogens is 404 g/mol. The Morgan fingerprint density at radius 3 is 2.94 bits per heavy atom. The van der Waals surface area contributed by atoms with Crippen LogP contribution in [-0.4, -0.2) is 33.5 Å². The van der Waals surface area contributed by atoms with Gasteiger partial charge in [0.15, 0.2) is 0 Å². The van der Waals surface area contributed by atoms with Crippen LogP contribution in [0.25, 0.3) is 33.4 Å². The Hall–Kier alpha value is -3.93. The van der Waals surface area contributed by atoms with Crippen molar-refractivity contribution in [2.24, 2.45) is 0 Å². The van der Waals surface area contributed by atoms with Gasteiger partial charge in [0.25, 0.3) is 6.43 Å². The summed E-state index contributed by atoms with van der Waals surface area (Å²) >= 11 is 0. The van der Waals surface area contributed by atoms with Crippen LogP contribution in [0.1, 0.15) is 24.1 Å². The lowest BCUT2D eigenvalue weighted by molar-refractivity contribution is 0.145. The molecule has 3 aromatic heterocycles. The molecule has 0 unspecified atom stereocenters. The van der Waals surface area contributed by atoms with E-state index in [-0.39, 0.29) is 17.1 Å². The summed E-state index contributed by atoms with van der Waals surface area (Å²) in [6.45, 7) is 0.906. The second kappa shape index (κ2) is 7.40. The Labute approximate surface area is 175 Å². The van der Waals surface area contributed by atoms with Gasteiger partial charge in [-0.3, -0.25) is 0 Å². The monoisotopic (exact) mass is 421 g/mol. The van der Waals surface area contributed by atoms with Gasteiger partial charge in [0, 0.05) is 35.7 Å². The highest BCUT2D eigenvalue weighted by Gasteiger charge is 2.32. The van der Waals surface area contributed by atoms with E-state index in [9.17, 15) is 14.0 Å². The Bertz CT molecular complexity index is 1340. The van der Waals surface area contributed by atoms with Crippen LogP contribution in [0.4, 0.5) is 8.78 Å². The van der Waals surface area contributed by atoms with E-state index in [0.717, 1.165) is 0 Å². The largest absolute Gasteiger partial charge is 0.497 e. The molecule has 0 saturated heterocycles. The molecular formula is C22H17F2N5O2. The third kappa shape index (κ3) is 2.99. The minimum atomic E-state index is -2.80. The number of pyridine rings is 1. The molecule has 0 bridgehead atoms. The van der Waals surface area contributed by atoms with Gasteiger partial charge in [0.1, 0.15) is 17.1 Å². The molecule has 5 rings (SSSR count). The zero-order valence-corrected chi connectivity index (χ0v) is 16.5.